The van der Waals surface area contributed by atoms with Crippen molar-refractivity contribution in [1.29, 1.82) is 0 Å². The fourth-order valence-corrected chi connectivity index (χ4v) is 4.19. The zero-order chi connectivity index (χ0) is 25.8. The molecule has 3 aromatic carbocycles. The van der Waals surface area contributed by atoms with E-state index in [2.05, 4.69) is 66.8 Å². The average molecular weight is 510 g/mol. The zero-order valence-corrected chi connectivity index (χ0v) is 24.1. The van der Waals surface area contributed by atoms with Gasteiger partial charge in [-0.2, -0.15) is 8.42 Å². The number of rotatable bonds is 12. The van der Waals surface area contributed by atoms with Crippen LogP contribution in [0, 0.1) is 0 Å². The predicted molar refractivity (Wildman–Crippen MR) is 150 cm³/mol. The molecule has 0 saturated heterocycles. The Bertz CT molecular complexity index is 1010. The van der Waals surface area contributed by atoms with Crippen LogP contribution in [0.5, 0.6) is 0 Å². The van der Waals surface area contributed by atoms with Gasteiger partial charge >= 0.3 is 113 Å². The first-order chi connectivity index (χ1) is 16.8. The molecule has 0 unspecified atom stereocenters. The first kappa shape index (κ1) is 31.6. The molecule has 5 nitrogen and oxygen atoms in total. The molecule has 0 aliphatic heterocycles. The standard InChI is InChI=1S/C16H13N.C12H25.Na.H2O4S/c1-2-8-15(9-3-1)17-16-11-10-13-6-4-5-7-14(13)12-16;1-3-5-7-9-11-12-10-8-6-4-2;;1-5(2,3)4/h1-12,17H;1,3-12H2,2H3;;(H2,1,2,3,4). The topological polar surface area (TPSA) is 86.6 Å². The van der Waals surface area contributed by atoms with E-state index in [1.165, 1.54) is 107 Å². The number of anilines is 2. The fraction of sp³-hybridized carbons (Fsp3) is 0.429. The fourth-order valence-electron chi connectivity index (χ4n) is 3.69. The van der Waals surface area contributed by atoms with Crippen LogP contribution in [0.1, 0.15) is 71.1 Å². The van der Waals surface area contributed by atoms with Crippen molar-refractivity contribution in [2.45, 2.75) is 74.8 Å². The predicted octanol–water partition coefficient (Wildman–Crippen LogP) is 8.42. The van der Waals surface area contributed by atoms with Crippen LogP contribution >= 0.6 is 0 Å². The number of nitrogens with one attached hydrogen (secondary N) is 1. The van der Waals surface area contributed by atoms with Gasteiger partial charge in [0.1, 0.15) is 0 Å². The van der Waals surface area contributed by atoms with Gasteiger partial charge in [-0.3, -0.25) is 9.11 Å². The number of fused-ring (bicyclic) bond motifs is 1. The van der Waals surface area contributed by atoms with Gasteiger partial charge in [0.2, 0.25) is 0 Å². The maximum absolute atomic E-state index is 8.74. The zero-order valence-electron chi connectivity index (χ0n) is 21.3. The van der Waals surface area contributed by atoms with Crippen molar-refractivity contribution in [3.05, 3.63) is 72.8 Å². The van der Waals surface area contributed by atoms with E-state index in [0.29, 0.717) is 0 Å². The van der Waals surface area contributed by atoms with Crippen molar-refractivity contribution in [3.63, 3.8) is 0 Å². The first-order valence-electron chi connectivity index (χ1n) is 12.8. The van der Waals surface area contributed by atoms with Crippen LogP contribution < -0.4 is 5.32 Å². The monoisotopic (exact) mass is 509 g/mol. The van der Waals surface area contributed by atoms with Crippen LogP contribution in [0.15, 0.2) is 72.8 Å². The van der Waals surface area contributed by atoms with E-state index in [1.807, 2.05) is 18.2 Å². The summed E-state index contributed by atoms with van der Waals surface area (Å²) in [4.78, 5) is 0. The molecule has 35 heavy (non-hydrogen) atoms. The number of benzene rings is 3. The molecule has 188 valence electrons. The molecule has 0 bridgehead atoms. The molecule has 0 atom stereocenters. The minimum absolute atomic E-state index is 1.11. The van der Waals surface area contributed by atoms with Gasteiger partial charge in [-0.1, -0.05) is 48.5 Å². The number of unbranched alkanes of at least 4 members (excludes halogenated alkanes) is 9. The largest absolute Gasteiger partial charge is 0.394 e. The van der Waals surface area contributed by atoms with Crippen molar-refractivity contribution < 1.29 is 17.5 Å². The van der Waals surface area contributed by atoms with E-state index in [0.717, 1.165) is 11.4 Å². The van der Waals surface area contributed by atoms with E-state index in [4.69, 9.17) is 17.5 Å². The summed E-state index contributed by atoms with van der Waals surface area (Å²) in [5.41, 5.74) is 2.23. The third kappa shape index (κ3) is 18.5. The number of para-hydroxylation sites is 1. The Morgan fingerprint density at radius 2 is 1.14 bits per heavy atom. The molecule has 0 saturated carbocycles. The summed E-state index contributed by atoms with van der Waals surface area (Å²) in [6.45, 7) is 2.29. The van der Waals surface area contributed by atoms with Crippen molar-refractivity contribution in [1.82, 2.24) is 0 Å². The Morgan fingerprint density at radius 1 is 0.657 bits per heavy atom. The Balaban J connectivity index is 0.000000304. The molecule has 0 fully saturated rings. The number of hydrogen-bond donors (Lipinski definition) is 3. The summed E-state index contributed by atoms with van der Waals surface area (Å²) >= 11 is 1.41. The van der Waals surface area contributed by atoms with E-state index >= 15 is 0 Å². The molecule has 0 heterocycles. The molecule has 3 N–H and O–H groups in total. The molecule has 7 heteroatoms. The van der Waals surface area contributed by atoms with E-state index in [9.17, 15) is 0 Å². The van der Waals surface area contributed by atoms with Crippen LogP contribution in [0.25, 0.3) is 10.8 Å². The maximum Gasteiger partial charge on any atom is 0.394 e. The van der Waals surface area contributed by atoms with Gasteiger partial charge in [0.15, 0.2) is 0 Å². The number of hydrogen-bond acceptors (Lipinski definition) is 3. The summed E-state index contributed by atoms with van der Waals surface area (Å²) < 4.78 is 33.1. The molecule has 0 aliphatic rings. The SMILES string of the molecule is CCCCCCCCCCC[CH2][Na].O=S(=O)(O)O.c1ccc(Nc2ccc3ccccc3c2)cc1. The Labute approximate surface area is 229 Å². The molecule has 0 amide bonds. The van der Waals surface area contributed by atoms with Gasteiger partial charge in [-0.25, -0.2) is 0 Å². The molecule has 0 aromatic heterocycles. The van der Waals surface area contributed by atoms with E-state index in [1.54, 1.807) is 0 Å². The average Bonchev–Trinajstić information content (AvgIpc) is 2.83. The third-order valence-electron chi connectivity index (χ3n) is 5.52. The molecule has 0 radical (unpaired) electrons. The molecule has 3 rings (SSSR count). The van der Waals surface area contributed by atoms with Crippen LogP contribution in [-0.2, 0) is 10.4 Å². The maximum atomic E-state index is 8.74. The molecular weight excluding hydrogens is 469 g/mol. The van der Waals surface area contributed by atoms with E-state index in [-0.39, 0.29) is 0 Å². The molecule has 3 aromatic rings. The van der Waals surface area contributed by atoms with Gasteiger partial charge in [-0.15, -0.1) is 0 Å². The minimum Gasteiger partial charge on any atom is -0.356 e. The first-order valence-corrected chi connectivity index (χ1v) is 15.6. The van der Waals surface area contributed by atoms with Crippen molar-refractivity contribution in [3.8, 4) is 0 Å². The van der Waals surface area contributed by atoms with E-state index < -0.39 is 10.4 Å². The molecular formula is C28H40NNaO4S. The third-order valence-corrected chi connectivity index (χ3v) is 6.23. The minimum atomic E-state index is -4.67. The van der Waals surface area contributed by atoms with Crippen molar-refractivity contribution in [2.24, 2.45) is 0 Å². The quantitative estimate of drug-likeness (QED) is 0.130. The van der Waals surface area contributed by atoms with Crippen LogP contribution in [0.4, 0.5) is 11.4 Å². The van der Waals surface area contributed by atoms with Gasteiger partial charge in [0, 0.05) is 11.4 Å². The Kier molecular flexibility index (Phi) is 17.8. The summed E-state index contributed by atoms with van der Waals surface area (Å²) in [6, 6.07) is 25.0. The van der Waals surface area contributed by atoms with Gasteiger partial charge in [-0.05, 0) is 35.0 Å². The van der Waals surface area contributed by atoms with Crippen molar-refractivity contribution in [2.75, 3.05) is 5.32 Å². The summed E-state index contributed by atoms with van der Waals surface area (Å²) in [7, 11) is -4.67. The summed E-state index contributed by atoms with van der Waals surface area (Å²) in [5.74, 6) is 0. The molecule has 0 aliphatic carbocycles. The second-order valence-electron chi connectivity index (χ2n) is 8.68. The normalized spacial score (nSPS) is 10.7. The summed E-state index contributed by atoms with van der Waals surface area (Å²) in [6.07, 6.45) is 14.7. The second kappa shape index (κ2) is 19.7. The van der Waals surface area contributed by atoms with Gasteiger partial charge in [0.25, 0.3) is 0 Å². The van der Waals surface area contributed by atoms with Crippen LogP contribution in [0.2, 0.25) is 3.67 Å². The van der Waals surface area contributed by atoms with Crippen molar-refractivity contribution >= 4 is 60.5 Å². The van der Waals surface area contributed by atoms with Gasteiger partial charge in [0.05, 0.1) is 0 Å². The Morgan fingerprint density at radius 3 is 1.69 bits per heavy atom. The van der Waals surface area contributed by atoms with Crippen LogP contribution in [-0.4, -0.2) is 45.5 Å². The van der Waals surface area contributed by atoms with Gasteiger partial charge < -0.3 is 5.32 Å². The summed E-state index contributed by atoms with van der Waals surface area (Å²) in [5, 5.41) is 5.92. The second-order valence-corrected chi connectivity index (χ2v) is 10.6. The van der Waals surface area contributed by atoms with Crippen LogP contribution in [0.3, 0.4) is 0 Å². The molecule has 0 spiro atoms. The Hall–Kier alpha value is -1.41. The smallest absolute Gasteiger partial charge is 0.356 e.